The Labute approximate surface area is 147 Å². The SMILES string of the molecule is C=CCN(c1ccc(OC)cc1)S(=O)(=O)c1ccc(NC(C)=O)cc1. The van der Waals surface area contributed by atoms with Crippen molar-refractivity contribution in [1.82, 2.24) is 0 Å². The van der Waals surface area contributed by atoms with Crippen LogP contribution in [-0.2, 0) is 14.8 Å². The molecular weight excluding hydrogens is 340 g/mol. The van der Waals surface area contributed by atoms with Gasteiger partial charge in [-0.05, 0) is 48.5 Å². The molecule has 0 fully saturated rings. The number of benzene rings is 2. The molecule has 25 heavy (non-hydrogen) atoms. The Hall–Kier alpha value is -2.80. The number of nitrogens with one attached hydrogen (secondary N) is 1. The number of nitrogens with zero attached hydrogens (tertiary/aromatic N) is 1. The highest BCUT2D eigenvalue weighted by atomic mass is 32.2. The zero-order valence-corrected chi connectivity index (χ0v) is 14.9. The van der Waals surface area contributed by atoms with Crippen LogP contribution in [0.1, 0.15) is 6.92 Å². The number of ether oxygens (including phenoxy) is 1. The number of anilines is 2. The molecule has 2 rings (SSSR count). The maximum absolute atomic E-state index is 13.0. The first-order valence-corrected chi connectivity index (χ1v) is 8.98. The average Bonchev–Trinajstić information content (AvgIpc) is 2.59. The van der Waals surface area contributed by atoms with E-state index in [-0.39, 0.29) is 17.3 Å². The zero-order valence-electron chi connectivity index (χ0n) is 14.1. The van der Waals surface area contributed by atoms with E-state index < -0.39 is 10.0 Å². The lowest BCUT2D eigenvalue weighted by Gasteiger charge is -2.23. The minimum absolute atomic E-state index is 0.124. The molecule has 2 aromatic carbocycles. The lowest BCUT2D eigenvalue weighted by Crippen LogP contribution is -2.31. The smallest absolute Gasteiger partial charge is 0.264 e. The second-order valence-electron chi connectivity index (χ2n) is 5.23. The third-order valence-electron chi connectivity index (χ3n) is 3.42. The van der Waals surface area contributed by atoms with Crippen LogP contribution >= 0.6 is 0 Å². The van der Waals surface area contributed by atoms with E-state index in [0.717, 1.165) is 0 Å². The highest BCUT2D eigenvalue weighted by molar-refractivity contribution is 7.92. The standard InChI is InChI=1S/C18H20N2O4S/c1-4-13-20(16-7-9-17(24-3)10-8-16)25(22,23)18-11-5-15(6-12-18)19-14(2)21/h4-12H,1,13H2,2-3H3,(H,19,21). The second-order valence-corrected chi connectivity index (χ2v) is 7.09. The Kier molecular flexibility index (Phi) is 5.82. The number of sulfonamides is 1. The first-order chi connectivity index (χ1) is 11.9. The van der Waals surface area contributed by atoms with Gasteiger partial charge in [-0.1, -0.05) is 6.08 Å². The van der Waals surface area contributed by atoms with E-state index >= 15 is 0 Å². The van der Waals surface area contributed by atoms with Crippen LogP contribution in [0.5, 0.6) is 5.75 Å². The summed E-state index contributed by atoms with van der Waals surface area (Å²) in [6, 6.07) is 12.8. The van der Waals surface area contributed by atoms with Crippen LogP contribution in [0.25, 0.3) is 0 Å². The molecule has 1 amide bonds. The summed E-state index contributed by atoms with van der Waals surface area (Å²) in [4.78, 5) is 11.2. The molecule has 0 aliphatic heterocycles. The second kappa shape index (κ2) is 7.85. The van der Waals surface area contributed by atoms with Crippen molar-refractivity contribution in [2.45, 2.75) is 11.8 Å². The van der Waals surface area contributed by atoms with Gasteiger partial charge >= 0.3 is 0 Å². The summed E-state index contributed by atoms with van der Waals surface area (Å²) in [7, 11) is -2.23. The fourth-order valence-electron chi connectivity index (χ4n) is 2.25. The van der Waals surface area contributed by atoms with E-state index in [1.165, 1.54) is 29.4 Å². The number of carbonyl (C=O) groups is 1. The van der Waals surface area contributed by atoms with Crippen molar-refractivity contribution in [2.24, 2.45) is 0 Å². The normalized spacial score (nSPS) is 10.8. The van der Waals surface area contributed by atoms with Gasteiger partial charge in [0.1, 0.15) is 5.75 Å². The predicted octanol–water partition coefficient (Wildman–Crippen LogP) is 3.03. The highest BCUT2D eigenvalue weighted by Gasteiger charge is 2.24. The Bertz CT molecular complexity index is 844. The van der Waals surface area contributed by atoms with E-state index in [2.05, 4.69) is 11.9 Å². The summed E-state index contributed by atoms with van der Waals surface area (Å²) in [6.45, 7) is 5.15. The number of rotatable bonds is 7. The Balaban J connectivity index is 2.37. The van der Waals surface area contributed by atoms with Gasteiger partial charge in [0.15, 0.2) is 0 Å². The lowest BCUT2D eigenvalue weighted by molar-refractivity contribution is -0.114. The van der Waals surface area contributed by atoms with Crippen LogP contribution in [0.15, 0.2) is 66.1 Å². The number of carbonyl (C=O) groups excluding carboxylic acids is 1. The summed E-state index contributed by atoms with van der Waals surface area (Å²) in [5.41, 5.74) is 1.04. The van der Waals surface area contributed by atoms with Gasteiger partial charge in [-0.2, -0.15) is 0 Å². The molecule has 0 saturated carbocycles. The summed E-state index contributed by atoms with van der Waals surface area (Å²) in [5, 5.41) is 2.60. The van der Waals surface area contributed by atoms with Crippen molar-refractivity contribution in [3.05, 3.63) is 61.2 Å². The van der Waals surface area contributed by atoms with Crippen molar-refractivity contribution in [1.29, 1.82) is 0 Å². The molecule has 7 heteroatoms. The molecule has 1 N–H and O–H groups in total. The van der Waals surface area contributed by atoms with Crippen LogP contribution in [0, 0.1) is 0 Å². The minimum atomic E-state index is -3.77. The van der Waals surface area contributed by atoms with Gasteiger partial charge in [0, 0.05) is 12.6 Å². The third-order valence-corrected chi connectivity index (χ3v) is 5.23. The molecule has 0 saturated heterocycles. The molecule has 0 bridgehead atoms. The Morgan fingerprint density at radius 1 is 1.16 bits per heavy atom. The molecule has 0 unspecified atom stereocenters. The van der Waals surface area contributed by atoms with Crippen molar-refractivity contribution in [3.63, 3.8) is 0 Å². The summed E-state index contributed by atoms with van der Waals surface area (Å²) in [6.07, 6.45) is 1.52. The van der Waals surface area contributed by atoms with E-state index in [1.54, 1.807) is 43.5 Å². The third kappa shape index (κ3) is 4.39. The van der Waals surface area contributed by atoms with Crippen LogP contribution in [-0.4, -0.2) is 28.0 Å². The van der Waals surface area contributed by atoms with Crippen LogP contribution < -0.4 is 14.4 Å². The molecule has 0 atom stereocenters. The molecule has 0 aliphatic carbocycles. The molecule has 6 nitrogen and oxygen atoms in total. The fourth-order valence-corrected chi connectivity index (χ4v) is 3.68. The maximum atomic E-state index is 13.0. The van der Waals surface area contributed by atoms with Gasteiger partial charge in [-0.3, -0.25) is 9.10 Å². The van der Waals surface area contributed by atoms with E-state index in [4.69, 9.17) is 4.74 Å². The van der Waals surface area contributed by atoms with Gasteiger partial charge in [-0.15, -0.1) is 6.58 Å². The van der Waals surface area contributed by atoms with Crippen molar-refractivity contribution < 1.29 is 17.9 Å². The van der Waals surface area contributed by atoms with E-state index in [0.29, 0.717) is 17.1 Å². The minimum Gasteiger partial charge on any atom is -0.497 e. The highest BCUT2D eigenvalue weighted by Crippen LogP contribution is 2.26. The monoisotopic (exact) mass is 360 g/mol. The average molecular weight is 360 g/mol. The molecule has 0 heterocycles. The van der Waals surface area contributed by atoms with Gasteiger partial charge < -0.3 is 10.1 Å². The van der Waals surface area contributed by atoms with E-state index in [9.17, 15) is 13.2 Å². The van der Waals surface area contributed by atoms with Gasteiger partial charge in [-0.25, -0.2) is 8.42 Å². The lowest BCUT2D eigenvalue weighted by atomic mass is 10.3. The maximum Gasteiger partial charge on any atom is 0.264 e. The number of hydrogen-bond donors (Lipinski definition) is 1. The summed E-state index contributed by atoms with van der Waals surface area (Å²) >= 11 is 0. The first kappa shape index (κ1) is 18.5. The van der Waals surface area contributed by atoms with Gasteiger partial charge in [0.2, 0.25) is 5.91 Å². The quantitative estimate of drug-likeness (QED) is 0.770. The topological polar surface area (TPSA) is 75.7 Å². The van der Waals surface area contributed by atoms with Crippen LogP contribution in [0.3, 0.4) is 0 Å². The van der Waals surface area contributed by atoms with Crippen molar-refractivity contribution in [3.8, 4) is 5.75 Å². The van der Waals surface area contributed by atoms with Crippen molar-refractivity contribution >= 4 is 27.3 Å². The van der Waals surface area contributed by atoms with Gasteiger partial charge in [0.05, 0.1) is 24.2 Å². The molecule has 132 valence electrons. The predicted molar refractivity (Wildman–Crippen MR) is 98.5 cm³/mol. The van der Waals surface area contributed by atoms with Crippen molar-refractivity contribution in [2.75, 3.05) is 23.3 Å². The number of amides is 1. The molecule has 0 aromatic heterocycles. The van der Waals surface area contributed by atoms with Crippen LogP contribution in [0.2, 0.25) is 0 Å². The molecule has 2 aromatic rings. The van der Waals surface area contributed by atoms with Crippen LogP contribution in [0.4, 0.5) is 11.4 Å². The number of methoxy groups -OCH3 is 1. The Morgan fingerprint density at radius 2 is 1.76 bits per heavy atom. The largest absolute Gasteiger partial charge is 0.497 e. The molecule has 0 aliphatic rings. The molecule has 0 spiro atoms. The summed E-state index contributed by atoms with van der Waals surface area (Å²) < 4.78 is 32.3. The first-order valence-electron chi connectivity index (χ1n) is 7.54. The number of hydrogen-bond acceptors (Lipinski definition) is 4. The summed E-state index contributed by atoms with van der Waals surface area (Å²) in [5.74, 6) is 0.418. The molecule has 0 radical (unpaired) electrons. The van der Waals surface area contributed by atoms with E-state index in [1.807, 2.05) is 0 Å². The fraction of sp³-hybridized carbons (Fsp3) is 0.167. The Morgan fingerprint density at radius 3 is 2.24 bits per heavy atom. The zero-order chi connectivity index (χ0) is 18.4. The molecular formula is C18H20N2O4S. The van der Waals surface area contributed by atoms with Gasteiger partial charge in [0.25, 0.3) is 10.0 Å².